The van der Waals surface area contributed by atoms with Crippen LogP contribution < -0.4 is 0 Å². The molecule has 2 bridgehead atoms. The molecule has 0 spiro atoms. The van der Waals surface area contributed by atoms with Crippen LogP contribution in [0.4, 0.5) is 0 Å². The van der Waals surface area contributed by atoms with Gasteiger partial charge in [0.15, 0.2) is 0 Å². The minimum absolute atomic E-state index is 0.117. The molecule has 0 saturated heterocycles. The number of aliphatic hydroxyl groups is 1. The smallest absolute Gasteiger partial charge is 0.0956 e. The minimum atomic E-state index is -0.234. The summed E-state index contributed by atoms with van der Waals surface area (Å²) >= 11 is 0. The minimum Gasteiger partial charge on any atom is -0.392 e. The van der Waals surface area contributed by atoms with E-state index in [9.17, 15) is 5.11 Å². The molecule has 26 heavy (non-hydrogen) atoms. The van der Waals surface area contributed by atoms with E-state index in [1.165, 1.54) is 55.3 Å². The molecular weight excluding hydrogens is 320 g/mol. The molecule has 2 aromatic rings. The number of imidazole rings is 1. The van der Waals surface area contributed by atoms with E-state index in [0.717, 1.165) is 24.7 Å². The average molecular weight is 351 g/mol. The number of fused-ring (bicyclic) bond motifs is 5. The summed E-state index contributed by atoms with van der Waals surface area (Å²) in [5, 5.41) is 11.5. The van der Waals surface area contributed by atoms with Crippen molar-refractivity contribution in [3.63, 3.8) is 0 Å². The molecular formula is C23H30N2O. The van der Waals surface area contributed by atoms with Gasteiger partial charge in [-0.25, -0.2) is 4.98 Å². The van der Waals surface area contributed by atoms with Crippen LogP contribution in [0.3, 0.4) is 0 Å². The van der Waals surface area contributed by atoms with Gasteiger partial charge < -0.3 is 9.67 Å². The number of benzene rings is 1. The Bertz CT molecular complexity index is 783. The van der Waals surface area contributed by atoms with Gasteiger partial charge in [0.25, 0.3) is 0 Å². The van der Waals surface area contributed by atoms with E-state index in [2.05, 4.69) is 40.7 Å². The monoisotopic (exact) mass is 350 g/mol. The van der Waals surface area contributed by atoms with Crippen LogP contribution in [0.1, 0.15) is 69.9 Å². The van der Waals surface area contributed by atoms with Gasteiger partial charge in [-0.2, -0.15) is 0 Å². The summed E-state index contributed by atoms with van der Waals surface area (Å²) < 4.78 is 2.28. The Hall–Kier alpha value is -1.61. The number of rotatable bonds is 4. The van der Waals surface area contributed by atoms with Crippen molar-refractivity contribution in [2.45, 2.75) is 70.4 Å². The Balaban J connectivity index is 1.44. The lowest BCUT2D eigenvalue weighted by molar-refractivity contribution is -0.0604. The average Bonchev–Trinajstić information content (AvgIpc) is 3.24. The third-order valence-corrected chi connectivity index (χ3v) is 7.74. The van der Waals surface area contributed by atoms with E-state index < -0.39 is 0 Å². The van der Waals surface area contributed by atoms with Crippen molar-refractivity contribution in [3.8, 4) is 11.3 Å². The van der Waals surface area contributed by atoms with Crippen molar-refractivity contribution in [2.75, 3.05) is 0 Å². The molecule has 1 aromatic carbocycles. The Kier molecular flexibility index (Phi) is 3.97. The Morgan fingerprint density at radius 2 is 2.00 bits per heavy atom. The summed E-state index contributed by atoms with van der Waals surface area (Å²) in [6.07, 6.45) is 13.6. The molecule has 3 nitrogen and oxygen atoms in total. The maximum atomic E-state index is 11.5. The van der Waals surface area contributed by atoms with Crippen LogP contribution in [0.25, 0.3) is 11.3 Å². The normalized spacial score (nSPS) is 33.5. The first kappa shape index (κ1) is 16.6. The molecule has 138 valence electrons. The van der Waals surface area contributed by atoms with E-state index in [-0.39, 0.29) is 17.6 Å². The predicted molar refractivity (Wildman–Crippen MR) is 104 cm³/mol. The quantitative estimate of drug-likeness (QED) is 0.823. The maximum Gasteiger partial charge on any atom is 0.0956 e. The van der Waals surface area contributed by atoms with Crippen molar-refractivity contribution < 1.29 is 5.11 Å². The Morgan fingerprint density at radius 3 is 2.77 bits per heavy atom. The van der Waals surface area contributed by atoms with Gasteiger partial charge in [0.2, 0.25) is 0 Å². The molecule has 5 rings (SSSR count). The summed E-state index contributed by atoms with van der Waals surface area (Å²) in [6.45, 7) is 2.30. The molecule has 0 amide bonds. The zero-order valence-corrected chi connectivity index (χ0v) is 15.8. The predicted octanol–water partition coefficient (Wildman–Crippen LogP) is 5.20. The number of hydrogen-bond donors (Lipinski definition) is 1. The molecule has 3 aliphatic rings. The molecule has 0 radical (unpaired) electrons. The summed E-state index contributed by atoms with van der Waals surface area (Å²) in [5.74, 6) is 1.69. The zero-order valence-electron chi connectivity index (χ0n) is 15.8. The molecule has 4 atom stereocenters. The van der Waals surface area contributed by atoms with Gasteiger partial charge in [-0.15, -0.1) is 0 Å². The summed E-state index contributed by atoms with van der Waals surface area (Å²) in [7, 11) is 0. The third-order valence-electron chi connectivity index (χ3n) is 7.74. The van der Waals surface area contributed by atoms with Crippen LogP contribution >= 0.6 is 0 Å². The lowest BCUT2D eigenvalue weighted by atomic mass is 9.57. The molecule has 1 aliphatic heterocycles. The van der Waals surface area contributed by atoms with E-state index in [4.69, 9.17) is 0 Å². The first-order valence-electron chi connectivity index (χ1n) is 10.5. The van der Waals surface area contributed by atoms with Crippen molar-refractivity contribution >= 4 is 0 Å². The van der Waals surface area contributed by atoms with Crippen LogP contribution in [0.5, 0.6) is 0 Å². The van der Waals surface area contributed by atoms with Crippen LogP contribution in [0, 0.1) is 17.3 Å². The van der Waals surface area contributed by atoms with E-state index in [1.54, 1.807) is 0 Å². The van der Waals surface area contributed by atoms with Gasteiger partial charge in [0.1, 0.15) is 0 Å². The van der Waals surface area contributed by atoms with Crippen molar-refractivity contribution in [3.05, 3.63) is 42.4 Å². The second-order valence-electron chi connectivity index (χ2n) is 9.06. The van der Waals surface area contributed by atoms with Crippen LogP contribution in [-0.4, -0.2) is 20.8 Å². The maximum absolute atomic E-state index is 11.5. The van der Waals surface area contributed by atoms with Crippen LogP contribution in [0.15, 0.2) is 36.8 Å². The van der Waals surface area contributed by atoms with Crippen molar-refractivity contribution in [1.82, 2.24) is 9.55 Å². The highest BCUT2D eigenvalue weighted by molar-refractivity contribution is 5.68. The first-order chi connectivity index (χ1) is 12.7. The van der Waals surface area contributed by atoms with Crippen molar-refractivity contribution in [2.24, 2.45) is 17.3 Å². The summed E-state index contributed by atoms with van der Waals surface area (Å²) in [4.78, 5) is 4.38. The van der Waals surface area contributed by atoms with E-state index in [1.807, 2.05) is 12.5 Å². The SMILES string of the molecule is CCC1([C@H](O)C[C@@H]2c3ccccc3-c3cncn32)CC2CCCC(C2)C1. The van der Waals surface area contributed by atoms with E-state index >= 15 is 0 Å². The van der Waals surface area contributed by atoms with Gasteiger partial charge >= 0.3 is 0 Å². The molecule has 3 heteroatoms. The van der Waals surface area contributed by atoms with Gasteiger partial charge in [-0.3, -0.25) is 0 Å². The van der Waals surface area contributed by atoms with Gasteiger partial charge in [-0.05, 0) is 54.9 Å². The molecule has 2 fully saturated rings. The van der Waals surface area contributed by atoms with Crippen LogP contribution in [-0.2, 0) is 0 Å². The van der Waals surface area contributed by atoms with Gasteiger partial charge in [0, 0.05) is 5.56 Å². The molecule has 2 aliphatic carbocycles. The molecule has 2 saturated carbocycles. The Morgan fingerprint density at radius 1 is 1.23 bits per heavy atom. The number of aromatic nitrogens is 2. The summed E-state index contributed by atoms with van der Waals surface area (Å²) in [6, 6.07) is 8.87. The zero-order chi connectivity index (χ0) is 17.7. The molecule has 2 unspecified atom stereocenters. The largest absolute Gasteiger partial charge is 0.392 e. The van der Waals surface area contributed by atoms with E-state index in [0.29, 0.717) is 0 Å². The molecule has 1 N–H and O–H groups in total. The lowest BCUT2D eigenvalue weighted by Crippen LogP contribution is -2.44. The second kappa shape index (κ2) is 6.23. The fourth-order valence-corrected chi connectivity index (χ4v) is 6.44. The van der Waals surface area contributed by atoms with Gasteiger partial charge in [-0.1, -0.05) is 50.5 Å². The standard InChI is InChI=1S/C23H30N2O/c1-2-23(12-16-6-5-7-17(10-16)13-23)22(26)11-20-18-8-3-4-9-19(18)21-14-24-15-25(20)21/h3-4,8-9,14-17,20,22,26H,2,5-7,10-13H2,1H3/t16?,17?,20-,22-,23?/m1/s1. The van der Waals surface area contributed by atoms with Crippen LogP contribution in [0.2, 0.25) is 0 Å². The molecule has 2 heterocycles. The first-order valence-corrected chi connectivity index (χ1v) is 10.5. The Labute approximate surface area is 156 Å². The van der Waals surface area contributed by atoms with Crippen molar-refractivity contribution in [1.29, 1.82) is 0 Å². The number of nitrogens with zero attached hydrogens (tertiary/aromatic N) is 2. The topological polar surface area (TPSA) is 38.1 Å². The fraction of sp³-hybridized carbons (Fsp3) is 0.609. The molecule has 1 aromatic heterocycles. The number of hydrogen-bond acceptors (Lipinski definition) is 2. The third kappa shape index (κ3) is 2.47. The second-order valence-corrected chi connectivity index (χ2v) is 9.06. The highest BCUT2D eigenvalue weighted by atomic mass is 16.3. The number of aliphatic hydroxyl groups excluding tert-OH is 1. The van der Waals surface area contributed by atoms with Gasteiger partial charge in [0.05, 0.1) is 30.4 Å². The highest BCUT2D eigenvalue weighted by Crippen LogP contribution is 2.54. The lowest BCUT2D eigenvalue weighted by Gasteiger charge is -2.50. The highest BCUT2D eigenvalue weighted by Gasteiger charge is 2.46. The fourth-order valence-electron chi connectivity index (χ4n) is 6.44. The summed E-state index contributed by atoms with van der Waals surface area (Å²) in [5.41, 5.74) is 3.95.